The molecule has 1 atom stereocenters. The molecule has 2 N–H and O–H groups in total. The van der Waals surface area contributed by atoms with Crippen LogP contribution < -0.4 is 5.32 Å². The number of carboxylic acid groups (broad SMARTS) is 1. The molecule has 0 aliphatic rings. The van der Waals surface area contributed by atoms with Crippen molar-refractivity contribution in [1.29, 1.82) is 0 Å². The lowest BCUT2D eigenvalue weighted by Crippen LogP contribution is -2.32. The molecule has 2 aromatic heterocycles. The number of carboxylic acids is 1. The third kappa shape index (κ3) is 4.01. The van der Waals surface area contributed by atoms with E-state index in [-0.39, 0.29) is 0 Å². The van der Waals surface area contributed by atoms with Gasteiger partial charge in [-0.2, -0.15) is 0 Å². The van der Waals surface area contributed by atoms with Crippen molar-refractivity contribution in [1.82, 2.24) is 9.97 Å². The van der Waals surface area contributed by atoms with Crippen LogP contribution in [0.1, 0.15) is 22.9 Å². The number of aryl methyl sites for hydroxylation is 2. The number of hydrogen-bond acceptors (Lipinski definition) is 5. The van der Waals surface area contributed by atoms with Crippen molar-refractivity contribution in [3.8, 4) is 11.1 Å². The SMILES string of the molecule is CCc1sc2ncnc(NC(Cc3ccccc3C)C(=O)O)c2c1-c1cccc2ccccc12. The van der Waals surface area contributed by atoms with Crippen molar-refractivity contribution in [2.24, 2.45) is 0 Å². The van der Waals surface area contributed by atoms with Gasteiger partial charge in [-0.15, -0.1) is 11.3 Å². The normalized spacial score (nSPS) is 12.2. The lowest BCUT2D eigenvalue weighted by atomic mass is 9.96. The number of aromatic nitrogens is 2. The van der Waals surface area contributed by atoms with Gasteiger partial charge >= 0.3 is 5.97 Å². The van der Waals surface area contributed by atoms with Crippen molar-refractivity contribution in [3.63, 3.8) is 0 Å². The molecule has 0 aliphatic carbocycles. The Bertz CT molecular complexity index is 1500. The van der Waals surface area contributed by atoms with Gasteiger partial charge in [0.1, 0.15) is 23.0 Å². The predicted molar refractivity (Wildman–Crippen MR) is 140 cm³/mol. The summed E-state index contributed by atoms with van der Waals surface area (Å²) in [5, 5.41) is 16.5. The molecule has 1 unspecified atom stereocenters. The predicted octanol–water partition coefficient (Wildman–Crippen LogP) is 6.49. The molecular weight excluding hydrogens is 442 g/mol. The third-order valence-electron chi connectivity index (χ3n) is 6.24. The summed E-state index contributed by atoms with van der Waals surface area (Å²) in [5.74, 6) is -0.350. The maximum absolute atomic E-state index is 12.2. The van der Waals surface area contributed by atoms with E-state index in [1.165, 1.54) is 11.2 Å². The second-order valence-electron chi connectivity index (χ2n) is 8.35. The fraction of sp³-hybridized carbons (Fsp3) is 0.179. The zero-order chi connectivity index (χ0) is 23.7. The van der Waals surface area contributed by atoms with E-state index >= 15 is 0 Å². The first-order valence-corrected chi connectivity index (χ1v) is 12.2. The molecule has 0 fully saturated rings. The number of nitrogens with zero attached hydrogens (tertiary/aromatic N) is 2. The van der Waals surface area contributed by atoms with E-state index in [9.17, 15) is 9.90 Å². The molecule has 0 aliphatic heterocycles. The summed E-state index contributed by atoms with van der Waals surface area (Å²) < 4.78 is 0. The smallest absolute Gasteiger partial charge is 0.326 e. The van der Waals surface area contributed by atoms with Crippen LogP contribution in [0.25, 0.3) is 32.1 Å². The molecular formula is C28H25N3O2S. The largest absolute Gasteiger partial charge is 0.480 e. The Kier molecular flexibility index (Phi) is 5.99. The Morgan fingerprint density at radius 1 is 1.03 bits per heavy atom. The number of fused-ring (bicyclic) bond motifs is 2. The average molecular weight is 468 g/mol. The highest BCUT2D eigenvalue weighted by Crippen LogP contribution is 2.43. The van der Waals surface area contributed by atoms with Crippen LogP contribution in [-0.4, -0.2) is 27.1 Å². The lowest BCUT2D eigenvalue weighted by molar-refractivity contribution is -0.137. The molecule has 0 radical (unpaired) electrons. The van der Waals surface area contributed by atoms with Crippen LogP contribution in [-0.2, 0) is 17.6 Å². The topological polar surface area (TPSA) is 75.1 Å². The minimum atomic E-state index is -0.910. The van der Waals surface area contributed by atoms with E-state index in [0.29, 0.717) is 12.2 Å². The third-order valence-corrected chi connectivity index (χ3v) is 7.48. The summed E-state index contributed by atoms with van der Waals surface area (Å²) in [4.78, 5) is 23.4. The molecule has 5 rings (SSSR count). The minimum absolute atomic E-state index is 0.363. The molecule has 6 heteroatoms. The molecule has 0 bridgehead atoms. The first kappa shape index (κ1) is 22.0. The number of nitrogens with one attached hydrogen (secondary N) is 1. The van der Waals surface area contributed by atoms with Crippen molar-refractivity contribution in [2.45, 2.75) is 32.7 Å². The van der Waals surface area contributed by atoms with Gasteiger partial charge in [0.15, 0.2) is 0 Å². The van der Waals surface area contributed by atoms with Crippen LogP contribution in [0.4, 0.5) is 5.82 Å². The molecule has 34 heavy (non-hydrogen) atoms. The summed E-state index contributed by atoms with van der Waals surface area (Å²) in [6.45, 7) is 4.14. The van der Waals surface area contributed by atoms with Crippen molar-refractivity contribution >= 4 is 44.1 Å². The molecule has 0 spiro atoms. The van der Waals surface area contributed by atoms with Gasteiger partial charge in [0.05, 0.1) is 5.39 Å². The van der Waals surface area contributed by atoms with Gasteiger partial charge < -0.3 is 10.4 Å². The minimum Gasteiger partial charge on any atom is -0.480 e. The molecule has 2 heterocycles. The quantitative estimate of drug-likeness (QED) is 0.286. The number of anilines is 1. The van der Waals surface area contributed by atoms with Gasteiger partial charge in [-0.25, -0.2) is 14.8 Å². The van der Waals surface area contributed by atoms with Crippen molar-refractivity contribution in [2.75, 3.05) is 5.32 Å². The van der Waals surface area contributed by atoms with Gasteiger partial charge in [-0.1, -0.05) is 73.7 Å². The van der Waals surface area contributed by atoms with Gasteiger partial charge in [0.25, 0.3) is 0 Å². The monoisotopic (exact) mass is 467 g/mol. The highest BCUT2D eigenvalue weighted by molar-refractivity contribution is 7.19. The summed E-state index contributed by atoms with van der Waals surface area (Å²) in [6.07, 6.45) is 2.73. The maximum atomic E-state index is 12.2. The van der Waals surface area contributed by atoms with Gasteiger partial charge in [-0.05, 0) is 40.8 Å². The standard InChI is InChI=1S/C28H25N3O2S/c1-3-23-24(21-14-8-12-18-10-6-7-13-20(18)21)25-26(29-16-30-27(25)34-23)31-22(28(32)33)15-19-11-5-4-9-17(19)2/h4-14,16,22H,3,15H2,1-2H3,(H,32,33)(H,29,30,31). The first-order chi connectivity index (χ1) is 16.6. The molecule has 0 saturated heterocycles. The van der Waals surface area contributed by atoms with E-state index in [1.54, 1.807) is 11.3 Å². The highest BCUT2D eigenvalue weighted by Gasteiger charge is 2.24. The van der Waals surface area contributed by atoms with Gasteiger partial charge in [-0.3, -0.25) is 0 Å². The zero-order valence-electron chi connectivity index (χ0n) is 19.1. The summed E-state index contributed by atoms with van der Waals surface area (Å²) in [6, 6.07) is 21.7. The van der Waals surface area contributed by atoms with E-state index in [4.69, 9.17) is 0 Å². The second kappa shape index (κ2) is 9.23. The molecule has 3 aromatic carbocycles. The van der Waals surface area contributed by atoms with Crippen LogP contribution in [0, 0.1) is 6.92 Å². The number of carbonyl (C=O) groups is 1. The fourth-order valence-electron chi connectivity index (χ4n) is 4.49. The van der Waals surface area contributed by atoms with Gasteiger partial charge in [0, 0.05) is 16.9 Å². The van der Waals surface area contributed by atoms with Gasteiger partial charge in [0.2, 0.25) is 0 Å². The first-order valence-electron chi connectivity index (χ1n) is 11.3. The Labute approximate surface area is 202 Å². The number of aliphatic carboxylic acids is 1. The summed E-state index contributed by atoms with van der Waals surface area (Å²) in [7, 11) is 0. The zero-order valence-corrected chi connectivity index (χ0v) is 19.9. The maximum Gasteiger partial charge on any atom is 0.326 e. The van der Waals surface area contributed by atoms with E-state index < -0.39 is 12.0 Å². The van der Waals surface area contributed by atoms with Crippen LogP contribution >= 0.6 is 11.3 Å². The average Bonchev–Trinajstić information content (AvgIpc) is 3.24. The molecule has 0 amide bonds. The Morgan fingerprint density at radius 2 is 1.79 bits per heavy atom. The molecule has 170 valence electrons. The van der Waals surface area contributed by atoms with E-state index in [0.717, 1.165) is 49.7 Å². The number of benzene rings is 3. The van der Waals surface area contributed by atoms with Crippen LogP contribution in [0.2, 0.25) is 0 Å². The lowest BCUT2D eigenvalue weighted by Gasteiger charge is -2.18. The fourth-order valence-corrected chi connectivity index (χ4v) is 5.58. The summed E-state index contributed by atoms with van der Waals surface area (Å²) in [5.41, 5.74) is 4.28. The van der Waals surface area contributed by atoms with Crippen molar-refractivity contribution < 1.29 is 9.90 Å². The number of thiophene rings is 1. The molecule has 5 nitrogen and oxygen atoms in total. The molecule has 5 aromatic rings. The van der Waals surface area contributed by atoms with E-state index in [2.05, 4.69) is 52.5 Å². The van der Waals surface area contributed by atoms with Crippen LogP contribution in [0.3, 0.4) is 0 Å². The Balaban J connectivity index is 1.66. The second-order valence-corrected chi connectivity index (χ2v) is 9.43. The number of hydrogen-bond donors (Lipinski definition) is 2. The Morgan fingerprint density at radius 3 is 2.59 bits per heavy atom. The van der Waals surface area contributed by atoms with Crippen LogP contribution in [0.15, 0.2) is 73.1 Å². The molecule has 0 saturated carbocycles. The Hall–Kier alpha value is -3.77. The summed E-state index contributed by atoms with van der Waals surface area (Å²) >= 11 is 1.64. The van der Waals surface area contributed by atoms with E-state index in [1.807, 2.05) is 43.3 Å². The van der Waals surface area contributed by atoms with Crippen LogP contribution in [0.5, 0.6) is 0 Å². The number of rotatable bonds is 7. The highest BCUT2D eigenvalue weighted by atomic mass is 32.1. The van der Waals surface area contributed by atoms with Crippen molar-refractivity contribution in [3.05, 3.63) is 89.1 Å².